The number of nitrogens with two attached hydrogens (primary N) is 1. The molecule has 0 spiro atoms. The molecule has 0 bridgehead atoms. The van der Waals surface area contributed by atoms with Gasteiger partial charge in [-0.2, -0.15) is 8.78 Å². The Kier molecular flexibility index (Phi) is 3.39. The van der Waals surface area contributed by atoms with Crippen molar-refractivity contribution in [3.05, 3.63) is 54.0 Å². The van der Waals surface area contributed by atoms with Gasteiger partial charge in [0, 0.05) is 0 Å². The van der Waals surface area contributed by atoms with Crippen LogP contribution in [0, 0.1) is 0 Å². The highest BCUT2D eigenvalue weighted by Gasteiger charge is 2.13. The first kappa shape index (κ1) is 11.6. The minimum absolute atomic E-state index is 0.0829. The third-order valence-corrected chi connectivity index (χ3v) is 2.29. The summed E-state index contributed by atoms with van der Waals surface area (Å²) in [5, 5.41) is 0. The molecule has 17 heavy (non-hydrogen) atoms. The fraction of sp³-hybridized carbons (Fsp3) is 0.167. The number of hydrogen-bond acceptors (Lipinski definition) is 3. The van der Waals surface area contributed by atoms with Gasteiger partial charge in [-0.15, -0.1) is 0 Å². The Morgan fingerprint density at radius 2 is 2.00 bits per heavy atom. The molecular formula is C12H11F2NO2. The number of hydrogen-bond donors (Lipinski definition) is 1. The standard InChI is InChI=1S/C12H11F2NO2/c13-12(14)17-9-4-1-3-8(7-9)11(15)10-5-2-6-16-10/h1-7,11-12H,15H2. The van der Waals surface area contributed by atoms with Gasteiger partial charge in [-0.25, -0.2) is 0 Å². The van der Waals surface area contributed by atoms with Crippen molar-refractivity contribution in [2.75, 3.05) is 0 Å². The Morgan fingerprint density at radius 3 is 2.65 bits per heavy atom. The Hall–Kier alpha value is -1.88. The molecule has 90 valence electrons. The molecule has 1 unspecified atom stereocenters. The normalized spacial score (nSPS) is 12.7. The first-order valence-corrected chi connectivity index (χ1v) is 5.00. The molecule has 1 heterocycles. The van der Waals surface area contributed by atoms with Gasteiger partial charge >= 0.3 is 6.61 Å². The van der Waals surface area contributed by atoms with E-state index in [1.54, 1.807) is 24.3 Å². The highest BCUT2D eigenvalue weighted by atomic mass is 19.3. The van der Waals surface area contributed by atoms with Crippen LogP contribution in [-0.4, -0.2) is 6.61 Å². The summed E-state index contributed by atoms with van der Waals surface area (Å²) >= 11 is 0. The van der Waals surface area contributed by atoms with E-state index < -0.39 is 12.7 Å². The monoisotopic (exact) mass is 239 g/mol. The Morgan fingerprint density at radius 1 is 1.18 bits per heavy atom. The minimum atomic E-state index is -2.84. The first-order valence-electron chi connectivity index (χ1n) is 5.00. The zero-order valence-corrected chi connectivity index (χ0v) is 8.85. The number of alkyl halides is 2. The lowest BCUT2D eigenvalue weighted by atomic mass is 10.1. The average molecular weight is 239 g/mol. The quantitative estimate of drug-likeness (QED) is 0.892. The number of rotatable bonds is 4. The Balaban J connectivity index is 2.21. The van der Waals surface area contributed by atoms with Crippen LogP contribution in [0.3, 0.4) is 0 Å². The number of benzene rings is 1. The zero-order chi connectivity index (χ0) is 12.3. The summed E-state index contributed by atoms with van der Waals surface area (Å²) < 4.78 is 33.6. The van der Waals surface area contributed by atoms with Crippen LogP contribution in [0.25, 0.3) is 0 Å². The second-order valence-electron chi connectivity index (χ2n) is 3.44. The van der Waals surface area contributed by atoms with E-state index in [1.165, 1.54) is 18.4 Å². The van der Waals surface area contributed by atoms with Gasteiger partial charge in [0.15, 0.2) is 0 Å². The molecule has 3 nitrogen and oxygen atoms in total. The largest absolute Gasteiger partial charge is 0.467 e. The molecule has 0 aliphatic carbocycles. The maximum absolute atomic E-state index is 12.1. The highest BCUT2D eigenvalue weighted by molar-refractivity contribution is 5.33. The second-order valence-corrected chi connectivity index (χ2v) is 3.44. The topological polar surface area (TPSA) is 48.4 Å². The second kappa shape index (κ2) is 4.97. The molecular weight excluding hydrogens is 228 g/mol. The van der Waals surface area contributed by atoms with Crippen molar-refractivity contribution in [2.45, 2.75) is 12.7 Å². The minimum Gasteiger partial charge on any atom is -0.467 e. The molecule has 1 atom stereocenters. The summed E-state index contributed by atoms with van der Waals surface area (Å²) in [6, 6.07) is 9.21. The number of ether oxygens (including phenoxy) is 1. The molecule has 0 fully saturated rings. The van der Waals surface area contributed by atoms with E-state index in [0.717, 1.165) is 0 Å². The summed E-state index contributed by atoms with van der Waals surface area (Å²) in [7, 11) is 0. The van der Waals surface area contributed by atoms with Gasteiger partial charge in [-0.05, 0) is 29.8 Å². The van der Waals surface area contributed by atoms with Crippen LogP contribution in [0.1, 0.15) is 17.4 Å². The summed E-state index contributed by atoms with van der Waals surface area (Å²) in [5.41, 5.74) is 6.57. The van der Waals surface area contributed by atoms with Crippen molar-refractivity contribution in [3.8, 4) is 5.75 Å². The summed E-state index contributed by atoms with van der Waals surface area (Å²) in [4.78, 5) is 0. The van der Waals surface area contributed by atoms with Crippen molar-refractivity contribution in [1.82, 2.24) is 0 Å². The molecule has 2 aromatic rings. The van der Waals surface area contributed by atoms with E-state index in [-0.39, 0.29) is 5.75 Å². The van der Waals surface area contributed by atoms with Gasteiger partial charge in [-0.3, -0.25) is 0 Å². The molecule has 1 aromatic carbocycles. The fourth-order valence-electron chi connectivity index (χ4n) is 1.52. The van der Waals surface area contributed by atoms with E-state index in [9.17, 15) is 8.78 Å². The van der Waals surface area contributed by atoms with E-state index in [0.29, 0.717) is 11.3 Å². The van der Waals surface area contributed by atoms with Crippen LogP contribution in [0.2, 0.25) is 0 Å². The molecule has 0 aliphatic heterocycles. The van der Waals surface area contributed by atoms with Crippen LogP contribution in [-0.2, 0) is 0 Å². The van der Waals surface area contributed by atoms with Gasteiger partial charge in [0.2, 0.25) is 0 Å². The van der Waals surface area contributed by atoms with E-state index in [4.69, 9.17) is 10.2 Å². The van der Waals surface area contributed by atoms with E-state index in [2.05, 4.69) is 4.74 Å². The van der Waals surface area contributed by atoms with Gasteiger partial charge in [-0.1, -0.05) is 12.1 Å². The Bertz CT molecular complexity index is 471. The van der Waals surface area contributed by atoms with E-state index in [1.807, 2.05) is 0 Å². The average Bonchev–Trinajstić information content (AvgIpc) is 2.81. The lowest BCUT2D eigenvalue weighted by Gasteiger charge is -2.11. The van der Waals surface area contributed by atoms with Crippen molar-refractivity contribution in [1.29, 1.82) is 0 Å². The summed E-state index contributed by atoms with van der Waals surface area (Å²) in [5.74, 6) is 0.652. The van der Waals surface area contributed by atoms with Crippen molar-refractivity contribution < 1.29 is 17.9 Å². The smallest absolute Gasteiger partial charge is 0.387 e. The van der Waals surface area contributed by atoms with Crippen LogP contribution < -0.4 is 10.5 Å². The lowest BCUT2D eigenvalue weighted by Crippen LogP contribution is -2.11. The maximum atomic E-state index is 12.1. The maximum Gasteiger partial charge on any atom is 0.387 e. The number of furan rings is 1. The fourth-order valence-corrected chi connectivity index (χ4v) is 1.52. The molecule has 1 aromatic heterocycles. The first-order chi connectivity index (χ1) is 8.16. The van der Waals surface area contributed by atoms with E-state index >= 15 is 0 Å². The number of halogens is 2. The van der Waals surface area contributed by atoms with Crippen LogP contribution >= 0.6 is 0 Å². The third kappa shape index (κ3) is 2.82. The molecule has 0 aliphatic rings. The Labute approximate surface area is 96.8 Å². The van der Waals surface area contributed by atoms with Crippen LogP contribution in [0.4, 0.5) is 8.78 Å². The van der Waals surface area contributed by atoms with Gasteiger partial charge in [0.1, 0.15) is 11.5 Å². The molecule has 0 amide bonds. The zero-order valence-electron chi connectivity index (χ0n) is 8.85. The predicted molar refractivity (Wildman–Crippen MR) is 57.8 cm³/mol. The van der Waals surface area contributed by atoms with Crippen molar-refractivity contribution in [3.63, 3.8) is 0 Å². The van der Waals surface area contributed by atoms with Crippen molar-refractivity contribution in [2.24, 2.45) is 5.73 Å². The van der Waals surface area contributed by atoms with Crippen molar-refractivity contribution >= 4 is 0 Å². The summed E-state index contributed by atoms with van der Waals surface area (Å²) in [6.45, 7) is -2.84. The molecule has 2 rings (SSSR count). The van der Waals surface area contributed by atoms with Gasteiger partial charge in [0.25, 0.3) is 0 Å². The van der Waals surface area contributed by atoms with Gasteiger partial charge in [0.05, 0.1) is 12.3 Å². The highest BCUT2D eigenvalue weighted by Crippen LogP contribution is 2.24. The predicted octanol–water partition coefficient (Wildman–Crippen LogP) is 2.93. The molecule has 0 radical (unpaired) electrons. The molecule has 5 heteroatoms. The SMILES string of the molecule is NC(c1cccc(OC(F)F)c1)c1ccco1. The van der Waals surface area contributed by atoms with Gasteiger partial charge < -0.3 is 14.9 Å². The third-order valence-electron chi connectivity index (χ3n) is 2.29. The van der Waals surface area contributed by atoms with Crippen LogP contribution in [0.5, 0.6) is 5.75 Å². The molecule has 2 N–H and O–H groups in total. The molecule has 0 saturated carbocycles. The van der Waals surface area contributed by atoms with Crippen LogP contribution in [0.15, 0.2) is 47.1 Å². The summed E-state index contributed by atoms with van der Waals surface area (Å²) in [6.07, 6.45) is 1.51. The lowest BCUT2D eigenvalue weighted by molar-refractivity contribution is -0.0498. The molecule has 0 saturated heterocycles.